The zero-order valence-corrected chi connectivity index (χ0v) is 14.6. The molecular weight excluding hydrogens is 300 g/mol. The zero-order valence-electron chi connectivity index (χ0n) is 14.6. The van der Waals surface area contributed by atoms with Crippen molar-refractivity contribution in [1.82, 2.24) is 10.2 Å². The van der Waals surface area contributed by atoms with E-state index in [1.165, 1.54) is 32.1 Å². The van der Waals surface area contributed by atoms with Crippen LogP contribution in [0.1, 0.15) is 62.6 Å². The number of benzene rings is 1. The van der Waals surface area contributed by atoms with Crippen molar-refractivity contribution >= 4 is 11.8 Å². The average molecular weight is 328 g/mol. The molecule has 0 radical (unpaired) electrons. The molecule has 1 atom stereocenters. The molecule has 1 heterocycles. The Kier molecular flexibility index (Phi) is 5.54. The molecule has 4 heteroatoms. The topological polar surface area (TPSA) is 49.4 Å². The van der Waals surface area contributed by atoms with Crippen LogP contribution in [-0.4, -0.2) is 29.8 Å². The molecule has 1 saturated carbocycles. The van der Waals surface area contributed by atoms with Gasteiger partial charge < -0.3 is 10.2 Å². The molecule has 24 heavy (non-hydrogen) atoms. The third-order valence-corrected chi connectivity index (χ3v) is 5.33. The molecular formula is C20H28N2O2. The first-order chi connectivity index (χ1) is 11.7. The van der Waals surface area contributed by atoms with Gasteiger partial charge in [0.2, 0.25) is 11.8 Å². The summed E-state index contributed by atoms with van der Waals surface area (Å²) in [5.41, 5.74) is 1.99. The van der Waals surface area contributed by atoms with E-state index in [-0.39, 0.29) is 11.8 Å². The van der Waals surface area contributed by atoms with Gasteiger partial charge in [-0.1, -0.05) is 50.5 Å². The van der Waals surface area contributed by atoms with Crippen LogP contribution in [0.2, 0.25) is 0 Å². The predicted octanol–water partition coefficient (Wildman–Crippen LogP) is 3.22. The number of nitrogens with one attached hydrogen (secondary N) is 1. The third-order valence-electron chi connectivity index (χ3n) is 5.33. The molecule has 2 aliphatic rings. The van der Waals surface area contributed by atoms with Crippen LogP contribution < -0.4 is 5.32 Å². The van der Waals surface area contributed by atoms with E-state index in [0.29, 0.717) is 18.9 Å². The van der Waals surface area contributed by atoms with E-state index in [4.69, 9.17) is 0 Å². The molecule has 1 aliphatic carbocycles. The largest absolute Gasteiger partial charge is 0.354 e. The maximum Gasteiger partial charge on any atom is 0.247 e. The monoisotopic (exact) mass is 328 g/mol. The average Bonchev–Trinajstić information content (AvgIpc) is 2.61. The van der Waals surface area contributed by atoms with Gasteiger partial charge in [-0.15, -0.1) is 0 Å². The Balaban J connectivity index is 1.76. The maximum absolute atomic E-state index is 12.9. The highest BCUT2D eigenvalue weighted by Crippen LogP contribution is 2.31. The molecule has 130 valence electrons. The molecule has 1 fully saturated rings. The first kappa shape index (κ1) is 17.0. The fourth-order valence-corrected chi connectivity index (χ4v) is 4.05. The normalized spacial score (nSPS) is 21.5. The summed E-state index contributed by atoms with van der Waals surface area (Å²) in [4.78, 5) is 27.2. The molecule has 1 aromatic rings. The summed E-state index contributed by atoms with van der Waals surface area (Å²) in [5.74, 6) is 0.639. The van der Waals surface area contributed by atoms with Crippen molar-refractivity contribution in [3.8, 4) is 0 Å². The van der Waals surface area contributed by atoms with Crippen molar-refractivity contribution in [1.29, 1.82) is 0 Å². The fourth-order valence-electron chi connectivity index (χ4n) is 4.05. The van der Waals surface area contributed by atoms with Crippen LogP contribution in [-0.2, 0) is 16.0 Å². The van der Waals surface area contributed by atoms with Crippen LogP contribution in [0.4, 0.5) is 0 Å². The van der Waals surface area contributed by atoms with E-state index in [9.17, 15) is 9.59 Å². The van der Waals surface area contributed by atoms with Crippen molar-refractivity contribution in [2.75, 3.05) is 13.1 Å². The highest BCUT2D eigenvalue weighted by Gasteiger charge is 2.36. The third kappa shape index (κ3) is 3.63. The molecule has 0 spiro atoms. The van der Waals surface area contributed by atoms with Crippen LogP contribution >= 0.6 is 0 Å². The molecule has 4 nitrogen and oxygen atoms in total. The second kappa shape index (κ2) is 7.82. The summed E-state index contributed by atoms with van der Waals surface area (Å²) in [6, 6.07) is 7.40. The van der Waals surface area contributed by atoms with E-state index in [1.54, 1.807) is 4.90 Å². The molecule has 1 N–H and O–H groups in total. The minimum atomic E-state index is -0.467. The van der Waals surface area contributed by atoms with Gasteiger partial charge in [-0.3, -0.25) is 9.59 Å². The lowest BCUT2D eigenvalue weighted by molar-refractivity contribution is -0.141. The van der Waals surface area contributed by atoms with Gasteiger partial charge in [-0.05, 0) is 36.3 Å². The quantitative estimate of drug-likeness (QED) is 0.902. The molecule has 0 saturated heterocycles. The predicted molar refractivity (Wildman–Crippen MR) is 94.5 cm³/mol. The summed E-state index contributed by atoms with van der Waals surface area (Å²) in [6.07, 6.45) is 7.54. The molecule has 1 aromatic carbocycles. The summed E-state index contributed by atoms with van der Waals surface area (Å²) in [7, 11) is 0. The number of hydrogen-bond donors (Lipinski definition) is 1. The molecule has 0 bridgehead atoms. The second-order valence-electron chi connectivity index (χ2n) is 7.11. The molecule has 3 rings (SSSR count). The summed E-state index contributed by atoms with van der Waals surface area (Å²) < 4.78 is 0. The number of amides is 2. The minimum Gasteiger partial charge on any atom is -0.354 e. The van der Waals surface area contributed by atoms with E-state index < -0.39 is 6.04 Å². The summed E-state index contributed by atoms with van der Waals surface area (Å²) in [5, 5.41) is 3.14. The van der Waals surface area contributed by atoms with Gasteiger partial charge in [0.05, 0.1) is 6.42 Å². The van der Waals surface area contributed by atoms with Crippen LogP contribution in [0, 0.1) is 5.92 Å². The van der Waals surface area contributed by atoms with Gasteiger partial charge in [-0.25, -0.2) is 0 Å². The van der Waals surface area contributed by atoms with Crippen molar-refractivity contribution in [2.45, 2.75) is 57.9 Å². The standard InChI is InChI=1S/C20H28N2O2/c1-2-12-22-18(23)13-16-10-6-7-11-17(16)19(22)20(24)21-14-15-8-4-3-5-9-15/h6-7,10-11,15,19H,2-5,8-9,12-14H2,1H3,(H,21,24). The van der Waals surface area contributed by atoms with Crippen molar-refractivity contribution in [2.24, 2.45) is 5.92 Å². The Hall–Kier alpha value is -1.84. The Morgan fingerprint density at radius 3 is 2.71 bits per heavy atom. The second-order valence-corrected chi connectivity index (χ2v) is 7.11. The lowest BCUT2D eigenvalue weighted by Gasteiger charge is -2.36. The highest BCUT2D eigenvalue weighted by atomic mass is 16.2. The Bertz CT molecular complexity index is 593. The van der Waals surface area contributed by atoms with Crippen LogP contribution in [0.15, 0.2) is 24.3 Å². The van der Waals surface area contributed by atoms with Gasteiger partial charge in [0, 0.05) is 13.1 Å². The lowest BCUT2D eigenvalue weighted by Crippen LogP contribution is -2.48. The molecule has 1 unspecified atom stereocenters. The van der Waals surface area contributed by atoms with Gasteiger partial charge in [-0.2, -0.15) is 0 Å². The van der Waals surface area contributed by atoms with Crippen LogP contribution in [0.25, 0.3) is 0 Å². The smallest absolute Gasteiger partial charge is 0.247 e. The number of nitrogens with zero attached hydrogens (tertiary/aromatic N) is 1. The minimum absolute atomic E-state index is 0.0190. The lowest BCUT2D eigenvalue weighted by atomic mass is 9.88. The van der Waals surface area contributed by atoms with E-state index in [0.717, 1.165) is 24.1 Å². The molecule has 0 aromatic heterocycles. The first-order valence-corrected chi connectivity index (χ1v) is 9.35. The zero-order chi connectivity index (χ0) is 16.9. The van der Waals surface area contributed by atoms with Crippen LogP contribution in [0.5, 0.6) is 0 Å². The first-order valence-electron chi connectivity index (χ1n) is 9.35. The van der Waals surface area contributed by atoms with Gasteiger partial charge in [0.1, 0.15) is 6.04 Å². The van der Waals surface area contributed by atoms with E-state index in [1.807, 2.05) is 31.2 Å². The van der Waals surface area contributed by atoms with Gasteiger partial charge in [0.15, 0.2) is 0 Å². The Labute approximate surface area is 144 Å². The maximum atomic E-state index is 12.9. The molecule has 1 aliphatic heterocycles. The van der Waals surface area contributed by atoms with E-state index in [2.05, 4.69) is 5.32 Å². The number of hydrogen-bond acceptors (Lipinski definition) is 2. The number of fused-ring (bicyclic) bond motifs is 1. The van der Waals surface area contributed by atoms with Crippen LogP contribution in [0.3, 0.4) is 0 Å². The number of rotatable bonds is 5. The summed E-state index contributed by atoms with van der Waals surface area (Å²) in [6.45, 7) is 3.42. The van der Waals surface area contributed by atoms with Crippen molar-refractivity contribution in [3.05, 3.63) is 35.4 Å². The SMILES string of the molecule is CCCN1C(=O)Cc2ccccc2C1C(=O)NCC1CCCCC1. The number of carbonyl (C=O) groups excluding carboxylic acids is 2. The highest BCUT2D eigenvalue weighted by molar-refractivity contribution is 5.92. The van der Waals surface area contributed by atoms with Gasteiger partial charge in [0.25, 0.3) is 0 Å². The summed E-state index contributed by atoms with van der Waals surface area (Å²) >= 11 is 0. The number of carbonyl (C=O) groups is 2. The molecule has 2 amide bonds. The van der Waals surface area contributed by atoms with E-state index >= 15 is 0 Å². The van der Waals surface area contributed by atoms with Crippen molar-refractivity contribution < 1.29 is 9.59 Å². The van der Waals surface area contributed by atoms with Crippen molar-refractivity contribution in [3.63, 3.8) is 0 Å². The van der Waals surface area contributed by atoms with Gasteiger partial charge >= 0.3 is 0 Å². The fraction of sp³-hybridized carbons (Fsp3) is 0.600. The Morgan fingerprint density at radius 2 is 1.96 bits per heavy atom. The Morgan fingerprint density at radius 1 is 1.21 bits per heavy atom.